The molecule has 2 rings (SSSR count). The molecule has 0 unspecified atom stereocenters. The van der Waals surface area contributed by atoms with Gasteiger partial charge in [-0.1, -0.05) is 15.9 Å². The molecule has 21 heavy (non-hydrogen) atoms. The lowest BCUT2D eigenvalue weighted by Crippen LogP contribution is -2.49. The number of alkyl halides is 1. The number of nitrogens with zero attached hydrogens (tertiary/aromatic N) is 4. The average Bonchev–Trinajstić information content (AvgIpc) is 2.81. The number of halogens is 1. The highest BCUT2D eigenvalue weighted by molar-refractivity contribution is 9.09. The number of carbonyl (C=O) groups excluding carboxylic acids is 1. The summed E-state index contributed by atoms with van der Waals surface area (Å²) in [7, 11) is 0. The smallest absolute Gasteiger partial charge is 0.222 e. The van der Waals surface area contributed by atoms with E-state index in [1.165, 1.54) is 5.69 Å². The summed E-state index contributed by atoms with van der Waals surface area (Å²) in [4.78, 5) is 16.4. The van der Waals surface area contributed by atoms with Gasteiger partial charge in [0.15, 0.2) is 0 Å². The van der Waals surface area contributed by atoms with Crippen molar-refractivity contribution >= 4 is 21.8 Å². The molecule has 0 radical (unpaired) electrons. The Balaban J connectivity index is 1.72. The first-order valence-electron chi connectivity index (χ1n) is 7.67. The summed E-state index contributed by atoms with van der Waals surface area (Å²) in [6.07, 6.45) is 1.59. The molecule has 1 aromatic heterocycles. The van der Waals surface area contributed by atoms with Gasteiger partial charge in [0.25, 0.3) is 0 Å². The van der Waals surface area contributed by atoms with E-state index < -0.39 is 0 Å². The van der Waals surface area contributed by atoms with Crippen molar-refractivity contribution in [3.8, 4) is 0 Å². The predicted octanol–water partition coefficient (Wildman–Crippen LogP) is 1.82. The average molecular weight is 357 g/mol. The van der Waals surface area contributed by atoms with Gasteiger partial charge in [-0.2, -0.15) is 5.10 Å². The van der Waals surface area contributed by atoms with Crippen LogP contribution >= 0.6 is 15.9 Å². The molecular weight excluding hydrogens is 332 g/mol. The van der Waals surface area contributed by atoms with Crippen LogP contribution in [0.1, 0.15) is 24.2 Å². The molecule has 1 aliphatic heterocycles. The third kappa shape index (κ3) is 4.81. The van der Waals surface area contributed by atoms with Crippen molar-refractivity contribution in [1.82, 2.24) is 19.6 Å². The van der Waals surface area contributed by atoms with E-state index in [1.807, 2.05) is 11.8 Å². The number of amides is 1. The van der Waals surface area contributed by atoms with Gasteiger partial charge in [0.2, 0.25) is 5.91 Å². The molecule has 0 N–H and O–H groups in total. The minimum atomic E-state index is 0.299. The normalized spacial score (nSPS) is 16.4. The number of aromatic nitrogens is 2. The third-order valence-corrected chi connectivity index (χ3v) is 4.54. The van der Waals surface area contributed by atoms with Gasteiger partial charge < -0.3 is 4.90 Å². The zero-order valence-corrected chi connectivity index (χ0v) is 14.6. The molecule has 0 spiro atoms. The van der Waals surface area contributed by atoms with E-state index in [0.717, 1.165) is 56.7 Å². The van der Waals surface area contributed by atoms with E-state index in [9.17, 15) is 4.79 Å². The van der Waals surface area contributed by atoms with Crippen LogP contribution in [0.5, 0.6) is 0 Å². The van der Waals surface area contributed by atoms with Gasteiger partial charge in [-0.25, -0.2) is 0 Å². The van der Waals surface area contributed by atoms with Gasteiger partial charge in [0, 0.05) is 50.2 Å². The molecule has 1 amide bonds. The highest BCUT2D eigenvalue weighted by atomic mass is 79.9. The zero-order valence-electron chi connectivity index (χ0n) is 13.0. The molecule has 0 atom stereocenters. The summed E-state index contributed by atoms with van der Waals surface area (Å²) in [5.41, 5.74) is 2.30. The first kappa shape index (κ1) is 16.5. The second-order valence-electron chi connectivity index (χ2n) is 5.67. The zero-order chi connectivity index (χ0) is 15.2. The van der Waals surface area contributed by atoms with Gasteiger partial charge in [0.1, 0.15) is 0 Å². The van der Waals surface area contributed by atoms with Crippen molar-refractivity contribution in [2.45, 2.75) is 33.2 Å². The van der Waals surface area contributed by atoms with Crippen LogP contribution in [0.15, 0.2) is 6.07 Å². The van der Waals surface area contributed by atoms with Crippen molar-refractivity contribution < 1.29 is 4.79 Å². The lowest BCUT2D eigenvalue weighted by Gasteiger charge is -2.34. The maximum atomic E-state index is 12.0. The summed E-state index contributed by atoms with van der Waals surface area (Å²) in [6, 6.07) is 2.11. The van der Waals surface area contributed by atoms with Crippen LogP contribution in [0, 0.1) is 13.8 Å². The summed E-state index contributed by atoms with van der Waals surface area (Å²) in [5.74, 6) is 0.299. The number of hydrogen-bond acceptors (Lipinski definition) is 3. The van der Waals surface area contributed by atoms with Gasteiger partial charge >= 0.3 is 0 Å². The maximum absolute atomic E-state index is 12.0. The standard InChI is InChI=1S/C15H25BrN4O/c1-13-12-14(2)20(17-13)11-8-18-6-9-19(10-7-18)15(21)4-3-5-16/h12H,3-11H2,1-2H3. The SMILES string of the molecule is Cc1cc(C)n(CCN2CCN(C(=O)CCCBr)CC2)n1. The molecule has 0 aromatic carbocycles. The Morgan fingerprint density at radius 3 is 2.52 bits per heavy atom. The van der Waals surface area contributed by atoms with E-state index in [4.69, 9.17) is 0 Å². The molecule has 1 saturated heterocycles. The van der Waals surface area contributed by atoms with E-state index in [0.29, 0.717) is 12.3 Å². The molecule has 0 aliphatic carbocycles. The Morgan fingerprint density at radius 2 is 1.95 bits per heavy atom. The molecule has 1 aliphatic rings. The van der Waals surface area contributed by atoms with E-state index in [-0.39, 0.29) is 0 Å². The third-order valence-electron chi connectivity index (χ3n) is 3.98. The van der Waals surface area contributed by atoms with Crippen LogP contribution in [0.2, 0.25) is 0 Å². The molecule has 0 bridgehead atoms. The Morgan fingerprint density at radius 1 is 1.24 bits per heavy atom. The van der Waals surface area contributed by atoms with Crippen molar-refractivity contribution in [1.29, 1.82) is 0 Å². The fraction of sp³-hybridized carbons (Fsp3) is 0.733. The minimum absolute atomic E-state index is 0.299. The first-order chi connectivity index (χ1) is 10.1. The van der Waals surface area contributed by atoms with Crippen LogP contribution in [-0.2, 0) is 11.3 Å². The Labute approximate surface area is 135 Å². The highest BCUT2D eigenvalue weighted by Crippen LogP contribution is 2.07. The Kier molecular flexibility index (Phi) is 6.23. The molecule has 118 valence electrons. The number of rotatable bonds is 6. The topological polar surface area (TPSA) is 41.4 Å². The fourth-order valence-corrected chi connectivity index (χ4v) is 3.01. The largest absolute Gasteiger partial charge is 0.340 e. The molecule has 2 heterocycles. The van der Waals surface area contributed by atoms with Gasteiger partial charge in [-0.3, -0.25) is 14.4 Å². The van der Waals surface area contributed by atoms with Gasteiger partial charge in [0.05, 0.1) is 12.2 Å². The lowest BCUT2D eigenvalue weighted by molar-refractivity contribution is -0.132. The van der Waals surface area contributed by atoms with Crippen molar-refractivity contribution in [2.24, 2.45) is 0 Å². The summed E-state index contributed by atoms with van der Waals surface area (Å²) >= 11 is 3.37. The second-order valence-corrected chi connectivity index (χ2v) is 6.46. The van der Waals surface area contributed by atoms with Crippen LogP contribution in [0.3, 0.4) is 0 Å². The number of piperazine rings is 1. The second kappa shape index (κ2) is 7.94. The quantitative estimate of drug-likeness (QED) is 0.730. The van der Waals surface area contributed by atoms with E-state index in [2.05, 4.69) is 43.6 Å². The van der Waals surface area contributed by atoms with Crippen molar-refractivity contribution in [3.05, 3.63) is 17.5 Å². The highest BCUT2D eigenvalue weighted by Gasteiger charge is 2.20. The van der Waals surface area contributed by atoms with Crippen LogP contribution in [0.25, 0.3) is 0 Å². The summed E-state index contributed by atoms with van der Waals surface area (Å²) in [6.45, 7) is 9.72. The number of aryl methyl sites for hydroxylation is 2. The predicted molar refractivity (Wildman–Crippen MR) is 87.7 cm³/mol. The Hall–Kier alpha value is -0.880. The Bertz CT molecular complexity index is 466. The molecular formula is C15H25BrN4O. The summed E-state index contributed by atoms with van der Waals surface area (Å²) < 4.78 is 2.07. The molecule has 0 saturated carbocycles. The molecule has 1 fully saturated rings. The molecule has 5 nitrogen and oxygen atoms in total. The van der Waals surface area contributed by atoms with Crippen LogP contribution in [0.4, 0.5) is 0 Å². The van der Waals surface area contributed by atoms with Crippen molar-refractivity contribution in [2.75, 3.05) is 38.1 Å². The maximum Gasteiger partial charge on any atom is 0.222 e. The van der Waals surface area contributed by atoms with Crippen LogP contribution in [-0.4, -0.2) is 63.5 Å². The van der Waals surface area contributed by atoms with Gasteiger partial charge in [-0.15, -0.1) is 0 Å². The monoisotopic (exact) mass is 356 g/mol. The lowest BCUT2D eigenvalue weighted by atomic mass is 10.2. The summed E-state index contributed by atoms with van der Waals surface area (Å²) in [5, 5.41) is 5.40. The molecule has 1 aromatic rings. The minimum Gasteiger partial charge on any atom is -0.340 e. The first-order valence-corrected chi connectivity index (χ1v) is 8.79. The van der Waals surface area contributed by atoms with Gasteiger partial charge in [-0.05, 0) is 26.3 Å². The number of carbonyl (C=O) groups is 1. The van der Waals surface area contributed by atoms with Crippen molar-refractivity contribution in [3.63, 3.8) is 0 Å². The van der Waals surface area contributed by atoms with Crippen LogP contribution < -0.4 is 0 Å². The fourth-order valence-electron chi connectivity index (χ4n) is 2.73. The van der Waals surface area contributed by atoms with E-state index in [1.54, 1.807) is 0 Å². The van der Waals surface area contributed by atoms with E-state index >= 15 is 0 Å². The number of hydrogen-bond donors (Lipinski definition) is 0. The molecule has 6 heteroatoms.